The minimum Gasteiger partial charge on any atom is -0.296 e. The average Bonchev–Trinajstić information content (AvgIpc) is 2.32. The van der Waals surface area contributed by atoms with Gasteiger partial charge in [-0.1, -0.05) is 50.5 Å². The molecule has 0 saturated heterocycles. The van der Waals surface area contributed by atoms with Crippen LogP contribution in [0.1, 0.15) is 26.7 Å². The van der Waals surface area contributed by atoms with Gasteiger partial charge < -0.3 is 0 Å². The number of nitrogens with one attached hydrogen (secondary N) is 1. The summed E-state index contributed by atoms with van der Waals surface area (Å²) in [4.78, 5) is 22.3. The van der Waals surface area contributed by atoms with Crippen molar-refractivity contribution in [1.29, 1.82) is 0 Å². The minimum absolute atomic E-state index is 0.194. The molecule has 0 heterocycles. The van der Waals surface area contributed by atoms with Crippen LogP contribution in [-0.4, -0.2) is 11.8 Å². The number of amides is 2. The second kappa shape index (κ2) is 9.16. The maximum atomic E-state index is 11.5. The standard InChI is InChI=1S/C15H21NO2/c1-5-7-8-9-14(6-2)11-10-12(3)15(18)16-13(4)17/h5-9,12H,1-2,10-11H2,3-4H3,(H,16,17,18)/b8-7-,14-9+. The van der Waals surface area contributed by atoms with Gasteiger partial charge in [0.05, 0.1) is 0 Å². The molecule has 1 N–H and O–H groups in total. The van der Waals surface area contributed by atoms with Gasteiger partial charge in [0.1, 0.15) is 0 Å². The van der Waals surface area contributed by atoms with Gasteiger partial charge in [0.2, 0.25) is 11.8 Å². The molecule has 18 heavy (non-hydrogen) atoms. The van der Waals surface area contributed by atoms with E-state index in [0.29, 0.717) is 6.42 Å². The van der Waals surface area contributed by atoms with E-state index in [1.807, 2.05) is 18.2 Å². The lowest BCUT2D eigenvalue weighted by atomic mass is 10.00. The van der Waals surface area contributed by atoms with E-state index < -0.39 is 0 Å². The van der Waals surface area contributed by atoms with E-state index in [9.17, 15) is 9.59 Å². The fourth-order valence-electron chi connectivity index (χ4n) is 1.32. The van der Waals surface area contributed by atoms with E-state index in [1.54, 1.807) is 19.1 Å². The third-order valence-electron chi connectivity index (χ3n) is 2.43. The molecule has 0 aliphatic rings. The molecule has 1 unspecified atom stereocenters. The van der Waals surface area contributed by atoms with Crippen molar-refractivity contribution in [2.24, 2.45) is 5.92 Å². The lowest BCUT2D eigenvalue weighted by molar-refractivity contribution is -0.131. The smallest absolute Gasteiger partial charge is 0.229 e. The van der Waals surface area contributed by atoms with Gasteiger partial charge in [-0.25, -0.2) is 0 Å². The lowest BCUT2D eigenvalue weighted by Crippen LogP contribution is -2.32. The molecule has 0 aromatic rings. The van der Waals surface area contributed by atoms with Crippen LogP contribution in [0, 0.1) is 5.92 Å². The van der Waals surface area contributed by atoms with E-state index >= 15 is 0 Å². The summed E-state index contributed by atoms with van der Waals surface area (Å²) in [5.74, 6) is -0.742. The van der Waals surface area contributed by atoms with Crippen LogP contribution in [-0.2, 0) is 9.59 Å². The van der Waals surface area contributed by atoms with Crippen LogP contribution in [0.5, 0.6) is 0 Å². The highest BCUT2D eigenvalue weighted by molar-refractivity contribution is 5.94. The van der Waals surface area contributed by atoms with Crippen LogP contribution in [0.15, 0.2) is 49.1 Å². The monoisotopic (exact) mass is 247 g/mol. The fourth-order valence-corrected chi connectivity index (χ4v) is 1.32. The molecule has 3 heteroatoms. The zero-order valence-corrected chi connectivity index (χ0v) is 11.1. The van der Waals surface area contributed by atoms with Crippen LogP contribution >= 0.6 is 0 Å². The van der Waals surface area contributed by atoms with Crippen LogP contribution < -0.4 is 5.32 Å². The predicted octanol–water partition coefficient (Wildman–Crippen LogP) is 2.92. The molecule has 1 atom stereocenters. The van der Waals surface area contributed by atoms with Crippen LogP contribution in [0.4, 0.5) is 0 Å². The Bertz CT molecular complexity index is 378. The van der Waals surface area contributed by atoms with Crippen molar-refractivity contribution in [2.45, 2.75) is 26.7 Å². The van der Waals surface area contributed by atoms with Gasteiger partial charge in [-0.15, -0.1) is 0 Å². The highest BCUT2D eigenvalue weighted by Gasteiger charge is 2.13. The molecule has 0 rings (SSSR count). The summed E-state index contributed by atoms with van der Waals surface area (Å²) >= 11 is 0. The van der Waals surface area contributed by atoms with E-state index in [0.717, 1.165) is 12.0 Å². The first-order valence-corrected chi connectivity index (χ1v) is 5.93. The number of rotatable bonds is 7. The summed E-state index contributed by atoms with van der Waals surface area (Å²) < 4.78 is 0. The predicted molar refractivity (Wildman–Crippen MR) is 74.8 cm³/mol. The van der Waals surface area contributed by atoms with Crippen LogP contribution in [0.25, 0.3) is 0 Å². The number of carbonyl (C=O) groups excluding carboxylic acids is 2. The number of hydrogen-bond donors (Lipinski definition) is 1. The van der Waals surface area contributed by atoms with Crippen molar-refractivity contribution in [3.63, 3.8) is 0 Å². The third kappa shape index (κ3) is 7.39. The van der Waals surface area contributed by atoms with Gasteiger partial charge in [-0.3, -0.25) is 14.9 Å². The Morgan fingerprint density at radius 3 is 2.44 bits per heavy atom. The topological polar surface area (TPSA) is 46.2 Å². The van der Waals surface area contributed by atoms with Gasteiger partial charge in [0.25, 0.3) is 0 Å². The van der Waals surface area contributed by atoms with E-state index in [-0.39, 0.29) is 17.7 Å². The summed E-state index contributed by atoms with van der Waals surface area (Å²) in [6.07, 6.45) is 10.5. The maximum absolute atomic E-state index is 11.5. The maximum Gasteiger partial charge on any atom is 0.229 e. The van der Waals surface area contributed by atoms with Gasteiger partial charge in [0.15, 0.2) is 0 Å². The molecule has 0 bridgehead atoms. The first kappa shape index (κ1) is 16.1. The van der Waals surface area contributed by atoms with E-state index in [1.165, 1.54) is 6.92 Å². The molecule has 0 spiro atoms. The Hall–Kier alpha value is -1.90. The number of hydrogen-bond acceptors (Lipinski definition) is 2. The van der Waals surface area contributed by atoms with E-state index in [2.05, 4.69) is 18.5 Å². The Morgan fingerprint density at radius 2 is 1.94 bits per heavy atom. The largest absolute Gasteiger partial charge is 0.296 e. The lowest BCUT2D eigenvalue weighted by Gasteiger charge is -2.10. The zero-order chi connectivity index (χ0) is 14.0. The van der Waals surface area contributed by atoms with Gasteiger partial charge >= 0.3 is 0 Å². The summed E-state index contributed by atoms with van der Waals surface area (Å²) in [7, 11) is 0. The summed E-state index contributed by atoms with van der Waals surface area (Å²) in [6.45, 7) is 10.4. The van der Waals surface area contributed by atoms with Crippen molar-refractivity contribution in [3.05, 3.63) is 49.1 Å². The van der Waals surface area contributed by atoms with Crippen molar-refractivity contribution in [2.75, 3.05) is 0 Å². The fraction of sp³-hybridized carbons (Fsp3) is 0.333. The molecular weight excluding hydrogens is 226 g/mol. The van der Waals surface area contributed by atoms with Gasteiger partial charge in [-0.05, 0) is 18.4 Å². The SMILES string of the molecule is C=C/C=C\C=C(/C=C)CCC(C)C(=O)NC(C)=O. The van der Waals surface area contributed by atoms with Crippen molar-refractivity contribution >= 4 is 11.8 Å². The Labute approximate surface area is 109 Å². The second-order valence-electron chi connectivity index (χ2n) is 4.05. The van der Waals surface area contributed by atoms with Gasteiger partial charge in [0, 0.05) is 12.8 Å². The Balaban J connectivity index is 4.28. The molecule has 0 aromatic heterocycles. The molecule has 2 amide bonds. The Kier molecular flexibility index (Phi) is 8.20. The zero-order valence-electron chi connectivity index (χ0n) is 11.1. The molecular formula is C15H21NO2. The average molecular weight is 247 g/mol. The third-order valence-corrected chi connectivity index (χ3v) is 2.43. The molecule has 3 nitrogen and oxygen atoms in total. The van der Waals surface area contributed by atoms with Crippen molar-refractivity contribution in [1.82, 2.24) is 5.32 Å². The molecule has 0 radical (unpaired) electrons. The quantitative estimate of drug-likeness (QED) is 0.703. The Morgan fingerprint density at radius 1 is 1.28 bits per heavy atom. The molecule has 0 fully saturated rings. The minimum atomic E-state index is -0.319. The summed E-state index contributed by atoms with van der Waals surface area (Å²) in [5, 5.41) is 2.29. The first-order chi connectivity index (χ1) is 8.51. The number of carbonyl (C=O) groups is 2. The van der Waals surface area contributed by atoms with Crippen LogP contribution in [0.2, 0.25) is 0 Å². The summed E-state index contributed by atoms with van der Waals surface area (Å²) in [6, 6.07) is 0. The van der Waals surface area contributed by atoms with Crippen molar-refractivity contribution < 1.29 is 9.59 Å². The van der Waals surface area contributed by atoms with Gasteiger partial charge in [-0.2, -0.15) is 0 Å². The second-order valence-corrected chi connectivity index (χ2v) is 4.05. The number of allylic oxidation sites excluding steroid dienone is 6. The number of imide groups is 1. The highest BCUT2D eigenvalue weighted by atomic mass is 16.2. The normalized spacial score (nSPS) is 13.1. The molecule has 98 valence electrons. The summed E-state index contributed by atoms with van der Waals surface area (Å²) in [5.41, 5.74) is 1.05. The molecule has 0 saturated carbocycles. The first-order valence-electron chi connectivity index (χ1n) is 5.93. The molecule has 0 aromatic carbocycles. The van der Waals surface area contributed by atoms with Crippen molar-refractivity contribution in [3.8, 4) is 0 Å². The molecule has 0 aliphatic carbocycles. The van der Waals surface area contributed by atoms with E-state index in [4.69, 9.17) is 0 Å². The molecule has 0 aliphatic heterocycles. The van der Waals surface area contributed by atoms with Crippen LogP contribution in [0.3, 0.4) is 0 Å². The highest BCUT2D eigenvalue weighted by Crippen LogP contribution is 2.13.